The van der Waals surface area contributed by atoms with Crippen molar-refractivity contribution in [2.24, 2.45) is 0 Å². The number of carbonyl (C=O) groups is 2. The summed E-state index contributed by atoms with van der Waals surface area (Å²) in [7, 11) is -7.62. The van der Waals surface area contributed by atoms with Crippen LogP contribution in [0.4, 0.5) is 0 Å². The van der Waals surface area contributed by atoms with Crippen molar-refractivity contribution >= 4 is 78.3 Å². The van der Waals surface area contributed by atoms with Crippen molar-refractivity contribution in [3.8, 4) is 11.5 Å². The van der Waals surface area contributed by atoms with Crippen molar-refractivity contribution in [2.75, 3.05) is 79.0 Å². The molecule has 70 heavy (non-hydrogen) atoms. The quantitative estimate of drug-likeness (QED) is 0.0404. The first-order valence-electron chi connectivity index (χ1n) is 22.2. The molecule has 2 amide bonds. The van der Waals surface area contributed by atoms with Crippen LogP contribution in [0.15, 0.2) is 82.6 Å². The van der Waals surface area contributed by atoms with Gasteiger partial charge in [-0.1, -0.05) is 46.4 Å². The lowest BCUT2D eigenvalue weighted by atomic mass is 10.1. The molecule has 0 bridgehead atoms. The van der Waals surface area contributed by atoms with Gasteiger partial charge in [0.2, 0.25) is 20.0 Å². The van der Waals surface area contributed by atoms with E-state index in [-0.39, 0.29) is 101 Å². The summed E-state index contributed by atoms with van der Waals surface area (Å²) in [5.41, 5.74) is 3.84. The Morgan fingerprint density at radius 2 is 0.871 bits per heavy atom. The maximum atomic E-state index is 12.8. The number of aliphatic hydroxyl groups is 2. The SMILES string of the molecule is O=C(NCCOCCOCCNS(=O)(=O)c1ccc(O[C@@H]2CCc3c(Cl)cc(Cl)cc32)cc1)[C@H](O)[C@@H](O)C(=O)NCCOCCOCCNS(=O)(=O)c1ccc(O[C@@H]2CCc3c(Cl)cc(Cl)cc32)cc1. The summed E-state index contributed by atoms with van der Waals surface area (Å²) in [5, 5.41) is 27.2. The topological polar surface area (TPSA) is 246 Å². The Labute approximate surface area is 426 Å². The fraction of sp³-hybridized carbons (Fsp3) is 0.435. The van der Waals surface area contributed by atoms with E-state index in [1.165, 1.54) is 24.3 Å². The molecule has 4 atom stereocenters. The number of amides is 2. The van der Waals surface area contributed by atoms with Crippen molar-refractivity contribution < 1.29 is 65.1 Å². The third kappa shape index (κ3) is 16.1. The second-order valence-corrected chi connectivity index (χ2v) is 21.1. The minimum atomic E-state index is -3.81. The minimum Gasteiger partial charge on any atom is -0.486 e. The zero-order chi connectivity index (χ0) is 50.3. The lowest BCUT2D eigenvalue weighted by molar-refractivity contribution is -0.146. The molecule has 6 N–H and O–H groups in total. The fourth-order valence-electron chi connectivity index (χ4n) is 7.47. The number of aliphatic hydroxyl groups excluding tert-OH is 2. The van der Waals surface area contributed by atoms with Crippen LogP contribution in [-0.2, 0) is 61.4 Å². The Hall–Kier alpha value is -3.84. The van der Waals surface area contributed by atoms with E-state index in [1.54, 1.807) is 36.4 Å². The predicted octanol–water partition coefficient (Wildman–Crippen LogP) is 4.71. The third-order valence-corrected chi connectivity index (χ3v) is 15.0. The van der Waals surface area contributed by atoms with Crippen LogP contribution >= 0.6 is 46.4 Å². The van der Waals surface area contributed by atoms with Crippen molar-refractivity contribution in [3.05, 3.63) is 115 Å². The second kappa shape index (κ2) is 26.7. The summed E-state index contributed by atoms with van der Waals surface area (Å²) >= 11 is 25.0. The predicted molar refractivity (Wildman–Crippen MR) is 261 cm³/mol. The Balaban J connectivity index is 0.729. The van der Waals surface area contributed by atoms with Crippen LogP contribution in [0, 0.1) is 0 Å². The summed E-state index contributed by atoms with van der Waals surface area (Å²) in [4.78, 5) is 24.6. The van der Waals surface area contributed by atoms with Gasteiger partial charge >= 0.3 is 0 Å². The summed E-state index contributed by atoms with van der Waals surface area (Å²) < 4.78 is 89.7. The first-order valence-corrected chi connectivity index (χ1v) is 26.7. The van der Waals surface area contributed by atoms with Crippen LogP contribution < -0.4 is 29.6 Å². The summed E-state index contributed by atoms with van der Waals surface area (Å²) in [5.74, 6) is -0.971. The number of carbonyl (C=O) groups excluding carboxylic acids is 2. The highest BCUT2D eigenvalue weighted by atomic mass is 35.5. The second-order valence-electron chi connectivity index (χ2n) is 15.9. The lowest BCUT2D eigenvalue weighted by Gasteiger charge is -2.17. The summed E-state index contributed by atoms with van der Waals surface area (Å²) in [6.07, 6.45) is -1.63. The highest BCUT2D eigenvalue weighted by Gasteiger charge is 2.31. The monoisotopic (exact) mass is 1090 g/mol. The van der Waals surface area contributed by atoms with Gasteiger partial charge in [-0.3, -0.25) is 9.59 Å². The van der Waals surface area contributed by atoms with Crippen LogP contribution in [-0.4, -0.2) is 130 Å². The maximum absolute atomic E-state index is 12.8. The van der Waals surface area contributed by atoms with E-state index in [0.717, 1.165) is 47.9 Å². The molecule has 18 nitrogen and oxygen atoms in total. The molecule has 24 heteroatoms. The van der Waals surface area contributed by atoms with Gasteiger partial charge in [0, 0.05) is 46.3 Å². The zero-order valence-corrected chi connectivity index (χ0v) is 42.3. The number of benzene rings is 4. The van der Waals surface area contributed by atoms with Gasteiger partial charge in [-0.2, -0.15) is 0 Å². The van der Waals surface area contributed by atoms with E-state index in [2.05, 4.69) is 20.1 Å². The van der Waals surface area contributed by atoms with Crippen LogP contribution in [0.5, 0.6) is 11.5 Å². The average Bonchev–Trinajstić information content (AvgIpc) is 3.93. The molecule has 0 heterocycles. The Bertz CT molecular complexity index is 2440. The number of fused-ring (bicyclic) bond motifs is 2. The molecule has 0 saturated heterocycles. The van der Waals surface area contributed by atoms with Gasteiger partial charge in [0.25, 0.3) is 11.8 Å². The van der Waals surface area contributed by atoms with E-state index in [0.29, 0.717) is 31.6 Å². The molecular formula is C46H54Cl4N4O14S2. The van der Waals surface area contributed by atoms with Gasteiger partial charge in [-0.25, -0.2) is 26.3 Å². The number of sulfonamides is 2. The van der Waals surface area contributed by atoms with Gasteiger partial charge in [-0.15, -0.1) is 0 Å². The highest BCUT2D eigenvalue weighted by Crippen LogP contribution is 2.42. The van der Waals surface area contributed by atoms with Crippen molar-refractivity contribution in [1.29, 1.82) is 0 Å². The molecule has 0 radical (unpaired) electrons. The molecule has 4 aromatic carbocycles. The maximum Gasteiger partial charge on any atom is 0.252 e. The number of halogens is 4. The van der Waals surface area contributed by atoms with Crippen LogP contribution in [0.2, 0.25) is 20.1 Å². The van der Waals surface area contributed by atoms with Crippen molar-refractivity contribution in [1.82, 2.24) is 20.1 Å². The van der Waals surface area contributed by atoms with Gasteiger partial charge in [0.15, 0.2) is 12.2 Å². The van der Waals surface area contributed by atoms with Crippen LogP contribution in [0.25, 0.3) is 0 Å². The van der Waals surface area contributed by atoms with E-state index in [9.17, 15) is 36.6 Å². The summed E-state index contributed by atoms with van der Waals surface area (Å²) in [6, 6.07) is 19.2. The van der Waals surface area contributed by atoms with Crippen molar-refractivity contribution in [3.63, 3.8) is 0 Å². The van der Waals surface area contributed by atoms with E-state index in [1.807, 2.05) is 12.1 Å². The fourth-order valence-corrected chi connectivity index (χ4v) is 10.7. The zero-order valence-electron chi connectivity index (χ0n) is 37.7. The minimum absolute atomic E-state index is 0.00444. The van der Waals surface area contributed by atoms with Gasteiger partial charge < -0.3 is 49.3 Å². The standard InChI is InChI=1S/C46H54Cl4N4O14S2/c47-29-25-37-35(39(49)27-29)9-11-41(37)67-31-1-5-33(6-2-31)69(59,60)53-15-19-65-23-21-63-17-13-51-45(57)43(55)44(56)46(58)52-14-18-64-22-24-66-20-16-54-70(61,62)34-7-3-32(4-8-34)68-42-12-10-36-38(42)26-30(48)28-40(36)50/h1-8,25-28,41-44,53-56H,9-24H2,(H,51,57)(H,52,58)/t41-,42-,43-,44-/m1/s1. The molecule has 0 spiro atoms. The van der Waals surface area contributed by atoms with Gasteiger partial charge in [-0.05, 0) is 121 Å². The lowest BCUT2D eigenvalue weighted by Crippen LogP contribution is -2.50. The Morgan fingerprint density at radius 1 is 0.529 bits per heavy atom. The molecule has 382 valence electrons. The first-order chi connectivity index (χ1) is 33.5. The molecule has 0 unspecified atom stereocenters. The molecule has 0 saturated carbocycles. The number of hydrogen-bond donors (Lipinski definition) is 6. The first kappa shape index (κ1) is 55.5. The smallest absolute Gasteiger partial charge is 0.252 e. The molecule has 6 rings (SSSR count). The molecule has 4 aromatic rings. The number of ether oxygens (including phenoxy) is 6. The number of nitrogens with one attached hydrogen (secondary N) is 4. The molecular weight excluding hydrogens is 1040 g/mol. The largest absolute Gasteiger partial charge is 0.486 e. The summed E-state index contributed by atoms with van der Waals surface area (Å²) in [6.45, 7) is 0.606. The average molecular weight is 1090 g/mol. The van der Waals surface area contributed by atoms with Gasteiger partial charge in [0.1, 0.15) is 23.7 Å². The molecule has 2 aliphatic rings. The van der Waals surface area contributed by atoms with Gasteiger partial charge in [0.05, 0.1) is 62.6 Å². The molecule has 2 aliphatic carbocycles. The Morgan fingerprint density at radius 3 is 1.23 bits per heavy atom. The Kier molecular flexibility index (Phi) is 21.2. The number of hydrogen-bond acceptors (Lipinski definition) is 14. The van der Waals surface area contributed by atoms with Crippen molar-refractivity contribution in [2.45, 2.75) is 59.9 Å². The highest BCUT2D eigenvalue weighted by molar-refractivity contribution is 7.89. The third-order valence-electron chi connectivity index (χ3n) is 11.0. The number of rotatable bonds is 29. The van der Waals surface area contributed by atoms with E-state index >= 15 is 0 Å². The van der Waals surface area contributed by atoms with Crippen LogP contribution in [0.3, 0.4) is 0 Å². The molecule has 0 fully saturated rings. The van der Waals surface area contributed by atoms with E-state index in [4.69, 9.17) is 74.8 Å². The molecule has 0 aliphatic heterocycles. The normalized spacial score (nSPS) is 16.3. The van der Waals surface area contributed by atoms with Crippen LogP contribution in [0.1, 0.15) is 47.3 Å². The molecule has 0 aromatic heterocycles. The van der Waals surface area contributed by atoms with E-state index < -0.39 is 44.1 Å².